The quantitative estimate of drug-likeness (QED) is 0.817. The van der Waals surface area contributed by atoms with Crippen LogP contribution in [-0.4, -0.2) is 42.7 Å². The summed E-state index contributed by atoms with van der Waals surface area (Å²) in [6, 6.07) is 2.03. The van der Waals surface area contributed by atoms with Crippen molar-refractivity contribution in [1.82, 2.24) is 15.3 Å². The molecule has 94 valence electrons. The van der Waals surface area contributed by atoms with E-state index in [0.29, 0.717) is 5.92 Å². The third-order valence-corrected chi connectivity index (χ3v) is 2.92. The van der Waals surface area contributed by atoms with Gasteiger partial charge in [-0.3, -0.25) is 0 Å². The van der Waals surface area contributed by atoms with E-state index in [1.165, 1.54) is 0 Å². The first-order chi connectivity index (χ1) is 8.29. The third kappa shape index (κ3) is 3.30. The number of hydrogen-bond donors (Lipinski definition) is 2. The van der Waals surface area contributed by atoms with E-state index in [1.54, 1.807) is 6.33 Å². The number of nitrogens with one attached hydrogen (secondary N) is 2. The van der Waals surface area contributed by atoms with Gasteiger partial charge in [0.1, 0.15) is 18.0 Å². The second-order valence-corrected chi connectivity index (χ2v) is 4.55. The van der Waals surface area contributed by atoms with E-state index in [2.05, 4.69) is 39.3 Å². The minimum atomic E-state index is 0.648. The Labute approximate surface area is 103 Å². The molecule has 0 saturated carbocycles. The zero-order valence-corrected chi connectivity index (χ0v) is 10.6. The summed E-state index contributed by atoms with van der Waals surface area (Å²) in [5.74, 6) is 2.57. The summed E-state index contributed by atoms with van der Waals surface area (Å²) in [6.07, 6.45) is 1.64. The van der Waals surface area contributed by atoms with Crippen LogP contribution in [-0.2, 0) is 0 Å². The van der Waals surface area contributed by atoms with Gasteiger partial charge in [-0.2, -0.15) is 0 Å². The molecule has 2 heterocycles. The maximum atomic E-state index is 4.37. The molecule has 1 unspecified atom stereocenters. The van der Waals surface area contributed by atoms with Crippen LogP contribution >= 0.6 is 0 Å². The van der Waals surface area contributed by atoms with Gasteiger partial charge in [0.15, 0.2) is 0 Å². The van der Waals surface area contributed by atoms with Crippen LogP contribution in [0.5, 0.6) is 0 Å². The molecular weight excluding hydrogens is 214 g/mol. The highest BCUT2D eigenvalue weighted by Gasteiger charge is 2.15. The zero-order valence-electron chi connectivity index (χ0n) is 10.6. The largest absolute Gasteiger partial charge is 0.370 e. The van der Waals surface area contributed by atoms with Crippen LogP contribution in [0.3, 0.4) is 0 Å². The summed E-state index contributed by atoms with van der Waals surface area (Å²) in [5.41, 5.74) is 0. The van der Waals surface area contributed by atoms with Crippen molar-refractivity contribution in [3.8, 4) is 0 Å². The van der Waals surface area contributed by atoms with Gasteiger partial charge in [0.25, 0.3) is 0 Å². The van der Waals surface area contributed by atoms with Gasteiger partial charge < -0.3 is 15.5 Å². The van der Waals surface area contributed by atoms with E-state index < -0.39 is 0 Å². The van der Waals surface area contributed by atoms with Crippen LogP contribution in [0, 0.1) is 5.92 Å². The molecule has 2 rings (SSSR count). The topological polar surface area (TPSA) is 53.1 Å². The summed E-state index contributed by atoms with van der Waals surface area (Å²) in [6.45, 7) is 9.38. The SMILES string of the molecule is CCNc1cc(N2CCNCC(C)C2)ncn1. The van der Waals surface area contributed by atoms with Gasteiger partial charge in [0.2, 0.25) is 0 Å². The van der Waals surface area contributed by atoms with Crippen molar-refractivity contribution in [2.75, 3.05) is 42.9 Å². The molecule has 1 saturated heterocycles. The lowest BCUT2D eigenvalue weighted by Gasteiger charge is -2.23. The van der Waals surface area contributed by atoms with Gasteiger partial charge in [0, 0.05) is 32.2 Å². The highest BCUT2D eigenvalue weighted by Crippen LogP contribution is 2.16. The van der Waals surface area contributed by atoms with Gasteiger partial charge in [-0.25, -0.2) is 9.97 Å². The lowest BCUT2D eigenvalue weighted by atomic mass is 10.2. The number of aromatic nitrogens is 2. The lowest BCUT2D eigenvalue weighted by molar-refractivity contribution is 0.563. The maximum absolute atomic E-state index is 4.37. The molecule has 1 fully saturated rings. The number of anilines is 2. The lowest BCUT2D eigenvalue weighted by Crippen LogP contribution is -2.30. The predicted molar refractivity (Wildman–Crippen MR) is 70.4 cm³/mol. The summed E-state index contributed by atoms with van der Waals surface area (Å²) in [4.78, 5) is 10.9. The molecule has 0 bridgehead atoms. The second-order valence-electron chi connectivity index (χ2n) is 4.55. The van der Waals surface area contributed by atoms with Crippen molar-refractivity contribution in [3.05, 3.63) is 12.4 Å². The summed E-state index contributed by atoms with van der Waals surface area (Å²) >= 11 is 0. The van der Waals surface area contributed by atoms with Gasteiger partial charge in [-0.15, -0.1) is 0 Å². The van der Waals surface area contributed by atoms with E-state index in [0.717, 1.165) is 44.4 Å². The molecule has 0 spiro atoms. The Bertz CT molecular complexity index is 355. The Balaban J connectivity index is 2.11. The highest BCUT2D eigenvalue weighted by atomic mass is 15.2. The number of hydrogen-bond acceptors (Lipinski definition) is 5. The van der Waals surface area contributed by atoms with Gasteiger partial charge in [-0.1, -0.05) is 6.92 Å². The first-order valence-electron chi connectivity index (χ1n) is 6.31. The van der Waals surface area contributed by atoms with Gasteiger partial charge in [-0.05, 0) is 19.4 Å². The molecule has 0 amide bonds. The van der Waals surface area contributed by atoms with Crippen molar-refractivity contribution < 1.29 is 0 Å². The van der Waals surface area contributed by atoms with E-state index in [1.807, 2.05) is 6.07 Å². The molecule has 1 aliphatic rings. The predicted octanol–water partition coefficient (Wildman–Crippen LogP) is 0.954. The number of nitrogens with zero attached hydrogens (tertiary/aromatic N) is 3. The third-order valence-electron chi connectivity index (χ3n) is 2.92. The minimum Gasteiger partial charge on any atom is -0.370 e. The van der Waals surface area contributed by atoms with Crippen molar-refractivity contribution in [2.24, 2.45) is 5.92 Å². The summed E-state index contributed by atoms with van der Waals surface area (Å²) in [7, 11) is 0. The van der Waals surface area contributed by atoms with Gasteiger partial charge >= 0.3 is 0 Å². The second kappa shape index (κ2) is 5.82. The molecule has 1 aliphatic heterocycles. The van der Waals surface area contributed by atoms with Crippen LogP contribution in [0.2, 0.25) is 0 Å². The Morgan fingerprint density at radius 1 is 1.53 bits per heavy atom. The van der Waals surface area contributed by atoms with E-state index in [9.17, 15) is 0 Å². The molecule has 0 radical (unpaired) electrons. The Morgan fingerprint density at radius 2 is 2.41 bits per heavy atom. The minimum absolute atomic E-state index is 0.648. The van der Waals surface area contributed by atoms with E-state index in [4.69, 9.17) is 0 Å². The van der Waals surface area contributed by atoms with Crippen LogP contribution in [0.15, 0.2) is 12.4 Å². The summed E-state index contributed by atoms with van der Waals surface area (Å²) in [5, 5.41) is 6.66. The fourth-order valence-corrected chi connectivity index (χ4v) is 2.10. The Kier molecular flexibility index (Phi) is 4.14. The molecule has 1 atom stereocenters. The standard InChI is InChI=1S/C12H21N5/c1-3-14-11-6-12(16-9-15-11)17-5-4-13-7-10(2)8-17/h6,9-10,13H,3-5,7-8H2,1-2H3,(H,14,15,16). The number of rotatable bonds is 3. The van der Waals surface area contributed by atoms with E-state index >= 15 is 0 Å². The fourth-order valence-electron chi connectivity index (χ4n) is 2.10. The Hall–Kier alpha value is -1.36. The molecule has 0 aliphatic carbocycles. The average molecular weight is 235 g/mol. The maximum Gasteiger partial charge on any atom is 0.134 e. The molecule has 2 N–H and O–H groups in total. The summed E-state index contributed by atoms with van der Waals surface area (Å²) < 4.78 is 0. The normalized spacial score (nSPS) is 21.1. The monoisotopic (exact) mass is 235 g/mol. The van der Waals surface area contributed by atoms with Crippen LogP contribution in [0.25, 0.3) is 0 Å². The van der Waals surface area contributed by atoms with Crippen LogP contribution in [0.4, 0.5) is 11.6 Å². The van der Waals surface area contributed by atoms with Gasteiger partial charge in [0.05, 0.1) is 0 Å². The van der Waals surface area contributed by atoms with Crippen molar-refractivity contribution in [3.63, 3.8) is 0 Å². The van der Waals surface area contributed by atoms with Crippen LogP contribution in [0.1, 0.15) is 13.8 Å². The molecule has 1 aromatic heterocycles. The fraction of sp³-hybridized carbons (Fsp3) is 0.667. The molecule has 17 heavy (non-hydrogen) atoms. The first-order valence-corrected chi connectivity index (χ1v) is 6.31. The Morgan fingerprint density at radius 3 is 3.24 bits per heavy atom. The smallest absolute Gasteiger partial charge is 0.134 e. The van der Waals surface area contributed by atoms with Crippen molar-refractivity contribution in [1.29, 1.82) is 0 Å². The molecule has 5 nitrogen and oxygen atoms in total. The molecular formula is C12H21N5. The molecule has 1 aromatic rings. The zero-order chi connectivity index (χ0) is 12.1. The average Bonchev–Trinajstić information content (AvgIpc) is 2.55. The first kappa shape index (κ1) is 12.1. The highest BCUT2D eigenvalue weighted by molar-refractivity contribution is 5.48. The van der Waals surface area contributed by atoms with Crippen molar-refractivity contribution >= 4 is 11.6 Å². The van der Waals surface area contributed by atoms with E-state index in [-0.39, 0.29) is 0 Å². The van der Waals surface area contributed by atoms with Crippen molar-refractivity contribution in [2.45, 2.75) is 13.8 Å². The molecule has 5 heteroatoms. The molecule has 0 aromatic carbocycles. The van der Waals surface area contributed by atoms with Crippen LogP contribution < -0.4 is 15.5 Å².